The van der Waals surface area contributed by atoms with Gasteiger partial charge in [-0.15, -0.1) is 0 Å². The van der Waals surface area contributed by atoms with Crippen molar-refractivity contribution in [3.8, 4) is 0 Å². The molecule has 0 unspecified atom stereocenters. The summed E-state index contributed by atoms with van der Waals surface area (Å²) in [6, 6.07) is 6.62. The number of fused-ring (bicyclic) bond motifs is 2. The third-order valence-corrected chi connectivity index (χ3v) is 6.06. The van der Waals surface area contributed by atoms with E-state index in [1.165, 1.54) is 0 Å². The lowest BCUT2D eigenvalue weighted by Crippen LogP contribution is -2.31. The van der Waals surface area contributed by atoms with Gasteiger partial charge in [-0.2, -0.15) is 8.42 Å². The Balaban J connectivity index is 1.67. The van der Waals surface area contributed by atoms with E-state index in [2.05, 4.69) is 0 Å². The lowest BCUT2D eigenvalue weighted by Gasteiger charge is -2.26. The minimum Gasteiger partial charge on any atom is -0.392 e. The molecule has 1 aromatic rings. The van der Waals surface area contributed by atoms with Crippen LogP contribution in [0.1, 0.15) is 24.8 Å². The highest BCUT2D eigenvalue weighted by Crippen LogP contribution is 2.48. The zero-order valence-corrected chi connectivity index (χ0v) is 12.3. The average molecular weight is 296 g/mol. The molecule has 2 fully saturated rings. The van der Waals surface area contributed by atoms with Crippen LogP contribution in [0, 0.1) is 24.7 Å². The first kappa shape index (κ1) is 14.0. The van der Waals surface area contributed by atoms with E-state index in [-0.39, 0.29) is 17.4 Å². The zero-order valence-electron chi connectivity index (χ0n) is 11.5. The molecule has 0 radical (unpaired) electrons. The van der Waals surface area contributed by atoms with Crippen LogP contribution in [0.5, 0.6) is 0 Å². The second-order valence-electron chi connectivity index (χ2n) is 6.04. The maximum atomic E-state index is 12.1. The highest BCUT2D eigenvalue weighted by molar-refractivity contribution is 7.86. The number of rotatable bonds is 4. The number of aryl methyl sites for hydroxylation is 1. The molecule has 1 N–H and O–H groups in total. The van der Waals surface area contributed by atoms with Crippen LogP contribution in [-0.4, -0.2) is 26.2 Å². The molecule has 4 atom stereocenters. The van der Waals surface area contributed by atoms with Gasteiger partial charge < -0.3 is 5.11 Å². The molecule has 2 saturated carbocycles. The molecule has 5 heteroatoms. The summed E-state index contributed by atoms with van der Waals surface area (Å²) in [4.78, 5) is 0.181. The average Bonchev–Trinajstić information content (AvgIpc) is 2.98. The number of hydrogen-bond acceptors (Lipinski definition) is 4. The van der Waals surface area contributed by atoms with Crippen molar-refractivity contribution in [2.24, 2.45) is 17.8 Å². The first-order chi connectivity index (χ1) is 9.47. The van der Waals surface area contributed by atoms with E-state index in [0.717, 1.165) is 24.8 Å². The van der Waals surface area contributed by atoms with Gasteiger partial charge in [-0.1, -0.05) is 17.7 Å². The van der Waals surface area contributed by atoms with Crippen molar-refractivity contribution < 1.29 is 17.7 Å². The summed E-state index contributed by atoms with van der Waals surface area (Å²) < 4.78 is 29.4. The van der Waals surface area contributed by atoms with Crippen LogP contribution in [0.4, 0.5) is 0 Å². The molecule has 0 heterocycles. The highest BCUT2D eigenvalue weighted by Gasteiger charge is 2.47. The Morgan fingerprint density at radius 3 is 2.45 bits per heavy atom. The Hall–Kier alpha value is -0.910. The van der Waals surface area contributed by atoms with E-state index < -0.39 is 16.2 Å². The summed E-state index contributed by atoms with van der Waals surface area (Å²) in [6.45, 7) is 2.00. The smallest absolute Gasteiger partial charge is 0.296 e. The topological polar surface area (TPSA) is 63.6 Å². The number of hydrogen-bond donors (Lipinski definition) is 1. The number of aliphatic hydroxyl groups is 1. The molecule has 2 aliphatic carbocycles. The van der Waals surface area contributed by atoms with Gasteiger partial charge in [0.25, 0.3) is 10.1 Å². The fourth-order valence-corrected chi connectivity index (χ4v) is 4.50. The van der Waals surface area contributed by atoms with Crippen molar-refractivity contribution in [2.75, 3.05) is 6.61 Å². The molecule has 0 amide bonds. The van der Waals surface area contributed by atoms with Crippen LogP contribution >= 0.6 is 0 Å². The molecule has 0 aliphatic heterocycles. The molecule has 20 heavy (non-hydrogen) atoms. The fraction of sp³-hybridized carbons (Fsp3) is 0.600. The van der Waals surface area contributed by atoms with Gasteiger partial charge in [0.1, 0.15) is 0 Å². The molecule has 1 aromatic carbocycles. The van der Waals surface area contributed by atoms with Gasteiger partial charge in [0, 0.05) is 5.92 Å². The standard InChI is InChI=1S/C15H20O4S/c1-10-2-6-13(7-3-10)20(17,18)19-9-14-11-4-5-12(8-11)15(14)16/h2-3,6-7,11-12,14-16H,4-5,8-9H2,1H3/t11-,12-,14-,15-/m0/s1. The van der Waals surface area contributed by atoms with Gasteiger partial charge in [-0.25, -0.2) is 0 Å². The summed E-state index contributed by atoms with van der Waals surface area (Å²) in [7, 11) is -3.72. The van der Waals surface area contributed by atoms with E-state index in [4.69, 9.17) is 4.18 Å². The van der Waals surface area contributed by atoms with Crippen molar-refractivity contribution in [1.82, 2.24) is 0 Å². The van der Waals surface area contributed by atoms with Crippen LogP contribution in [0.15, 0.2) is 29.2 Å². The SMILES string of the molecule is Cc1ccc(S(=O)(=O)OC[C@H]2[C@H]3CC[C@@H](C3)[C@@H]2O)cc1. The predicted molar refractivity (Wildman–Crippen MR) is 74.6 cm³/mol. The second-order valence-corrected chi connectivity index (χ2v) is 7.65. The zero-order chi connectivity index (χ0) is 14.3. The number of benzene rings is 1. The highest BCUT2D eigenvalue weighted by atomic mass is 32.2. The van der Waals surface area contributed by atoms with Gasteiger partial charge in [-0.3, -0.25) is 4.18 Å². The molecule has 110 valence electrons. The lowest BCUT2D eigenvalue weighted by atomic mass is 9.87. The second kappa shape index (κ2) is 5.13. The third-order valence-electron chi connectivity index (χ3n) is 4.77. The van der Waals surface area contributed by atoms with E-state index in [0.29, 0.717) is 11.8 Å². The van der Waals surface area contributed by atoms with Gasteiger partial charge >= 0.3 is 0 Å². The Bertz CT molecular complexity index is 576. The van der Waals surface area contributed by atoms with E-state index in [9.17, 15) is 13.5 Å². The van der Waals surface area contributed by atoms with Crippen LogP contribution in [0.3, 0.4) is 0 Å². The quantitative estimate of drug-likeness (QED) is 0.864. The Labute approximate surface area is 119 Å². The van der Waals surface area contributed by atoms with Gasteiger partial charge in [0.2, 0.25) is 0 Å². The van der Waals surface area contributed by atoms with E-state index in [1.807, 2.05) is 6.92 Å². The van der Waals surface area contributed by atoms with E-state index in [1.54, 1.807) is 24.3 Å². The van der Waals surface area contributed by atoms with Crippen LogP contribution in [0.2, 0.25) is 0 Å². The van der Waals surface area contributed by atoms with Crippen molar-refractivity contribution >= 4 is 10.1 Å². The predicted octanol–water partition coefficient (Wildman–Crippen LogP) is 2.11. The Morgan fingerprint density at radius 2 is 1.85 bits per heavy atom. The van der Waals surface area contributed by atoms with Crippen LogP contribution in [0.25, 0.3) is 0 Å². The first-order valence-corrected chi connectivity index (χ1v) is 8.52. The molecule has 2 bridgehead atoms. The van der Waals surface area contributed by atoms with Crippen molar-refractivity contribution in [1.29, 1.82) is 0 Å². The van der Waals surface area contributed by atoms with Crippen LogP contribution in [-0.2, 0) is 14.3 Å². The molecule has 0 aromatic heterocycles. The molecule has 2 aliphatic rings. The summed E-state index contributed by atoms with van der Waals surface area (Å²) in [5.41, 5.74) is 1.01. The lowest BCUT2D eigenvalue weighted by molar-refractivity contribution is 0.0350. The maximum absolute atomic E-state index is 12.1. The summed E-state index contributed by atoms with van der Waals surface area (Å²) in [6.07, 6.45) is 2.76. The van der Waals surface area contributed by atoms with Crippen molar-refractivity contribution in [3.63, 3.8) is 0 Å². The number of aliphatic hydroxyl groups excluding tert-OH is 1. The Morgan fingerprint density at radius 1 is 1.20 bits per heavy atom. The van der Waals surface area contributed by atoms with Gasteiger partial charge in [0.15, 0.2) is 0 Å². The molecule has 0 spiro atoms. The molecular formula is C15H20O4S. The molecular weight excluding hydrogens is 276 g/mol. The molecule has 0 saturated heterocycles. The van der Waals surface area contributed by atoms with Gasteiger partial charge in [0.05, 0.1) is 17.6 Å². The van der Waals surface area contributed by atoms with Gasteiger partial charge in [-0.05, 0) is 50.2 Å². The summed E-state index contributed by atoms with van der Waals surface area (Å²) in [5, 5.41) is 10.1. The molecule has 4 nitrogen and oxygen atoms in total. The van der Waals surface area contributed by atoms with Crippen molar-refractivity contribution in [3.05, 3.63) is 29.8 Å². The minimum atomic E-state index is -3.72. The maximum Gasteiger partial charge on any atom is 0.296 e. The normalized spacial score (nSPS) is 32.7. The third kappa shape index (κ3) is 2.50. The van der Waals surface area contributed by atoms with Crippen LogP contribution < -0.4 is 0 Å². The first-order valence-electron chi connectivity index (χ1n) is 7.11. The monoisotopic (exact) mass is 296 g/mol. The van der Waals surface area contributed by atoms with Crippen molar-refractivity contribution in [2.45, 2.75) is 37.2 Å². The summed E-state index contributed by atoms with van der Waals surface area (Å²) in [5.74, 6) is 0.730. The van der Waals surface area contributed by atoms with E-state index >= 15 is 0 Å². The summed E-state index contributed by atoms with van der Waals surface area (Å²) >= 11 is 0. The fourth-order valence-electron chi connectivity index (χ4n) is 3.56. The Kier molecular flexibility index (Phi) is 3.60. The largest absolute Gasteiger partial charge is 0.392 e. The molecule has 3 rings (SSSR count). The minimum absolute atomic E-state index is 0.0334.